The van der Waals surface area contributed by atoms with E-state index in [4.69, 9.17) is 11.6 Å². The molecule has 1 N–H and O–H groups in total. The third-order valence-electron chi connectivity index (χ3n) is 1.93. The Morgan fingerprint density at radius 1 is 1.13 bits per heavy atom. The van der Waals surface area contributed by atoms with Crippen molar-refractivity contribution in [3.05, 3.63) is 53.6 Å². The highest BCUT2D eigenvalue weighted by Crippen LogP contribution is 2.13. The monoisotopic (exact) mass is 219 g/mol. The molecule has 4 heteroatoms. The average molecular weight is 220 g/mol. The summed E-state index contributed by atoms with van der Waals surface area (Å²) >= 11 is 5.78. The fourth-order valence-corrected chi connectivity index (χ4v) is 1.31. The van der Waals surface area contributed by atoms with Gasteiger partial charge >= 0.3 is 0 Å². The van der Waals surface area contributed by atoms with Gasteiger partial charge in [-0.1, -0.05) is 11.6 Å². The third-order valence-corrected chi connectivity index (χ3v) is 2.19. The van der Waals surface area contributed by atoms with E-state index in [9.17, 15) is 0 Å². The fraction of sp³-hybridized carbons (Fsp3) is 0.0909. The lowest BCUT2D eigenvalue weighted by Crippen LogP contribution is -2.01. The topological polar surface area (TPSA) is 37.8 Å². The van der Waals surface area contributed by atoms with Gasteiger partial charge in [0.15, 0.2) is 0 Å². The first-order chi connectivity index (χ1) is 7.34. The molecule has 2 aromatic rings. The van der Waals surface area contributed by atoms with Gasteiger partial charge in [0.1, 0.15) is 0 Å². The Balaban J connectivity index is 1.96. The molecular formula is C11H10ClN3. The zero-order chi connectivity index (χ0) is 10.5. The van der Waals surface area contributed by atoms with Crippen molar-refractivity contribution in [1.29, 1.82) is 0 Å². The Bertz CT molecular complexity index is 414. The molecule has 0 unspecified atom stereocenters. The summed E-state index contributed by atoms with van der Waals surface area (Å²) in [7, 11) is 0. The normalized spacial score (nSPS) is 9.93. The molecule has 0 aliphatic rings. The van der Waals surface area contributed by atoms with Crippen molar-refractivity contribution in [2.75, 3.05) is 5.32 Å². The van der Waals surface area contributed by atoms with Crippen LogP contribution in [0.25, 0.3) is 0 Å². The molecule has 3 nitrogen and oxygen atoms in total. The van der Waals surface area contributed by atoms with Gasteiger partial charge < -0.3 is 5.32 Å². The van der Waals surface area contributed by atoms with E-state index in [0.29, 0.717) is 6.54 Å². The number of aromatic nitrogens is 2. The number of hydrogen-bond donors (Lipinski definition) is 1. The van der Waals surface area contributed by atoms with Gasteiger partial charge in [-0.2, -0.15) is 0 Å². The lowest BCUT2D eigenvalue weighted by molar-refractivity contribution is 1.01. The summed E-state index contributed by atoms with van der Waals surface area (Å²) in [4.78, 5) is 8.15. The smallest absolute Gasteiger partial charge is 0.0777 e. The van der Waals surface area contributed by atoms with E-state index < -0.39 is 0 Å². The van der Waals surface area contributed by atoms with Crippen molar-refractivity contribution in [2.24, 2.45) is 0 Å². The molecule has 0 aliphatic heterocycles. The van der Waals surface area contributed by atoms with Gasteiger partial charge in [-0.25, -0.2) is 0 Å². The SMILES string of the molecule is Clc1ccc(NCc2cnccn2)cc1. The van der Waals surface area contributed by atoms with Gasteiger partial charge in [-0.3, -0.25) is 9.97 Å². The quantitative estimate of drug-likeness (QED) is 0.863. The number of hydrogen-bond acceptors (Lipinski definition) is 3. The van der Waals surface area contributed by atoms with Crippen LogP contribution in [0.4, 0.5) is 5.69 Å². The summed E-state index contributed by atoms with van der Waals surface area (Å²) in [5.74, 6) is 0. The van der Waals surface area contributed by atoms with E-state index >= 15 is 0 Å². The molecule has 0 aliphatic carbocycles. The van der Waals surface area contributed by atoms with Crippen molar-refractivity contribution in [3.63, 3.8) is 0 Å². The molecule has 0 amide bonds. The molecule has 1 aromatic heterocycles. The fourth-order valence-electron chi connectivity index (χ4n) is 1.18. The zero-order valence-electron chi connectivity index (χ0n) is 8.02. The molecular weight excluding hydrogens is 210 g/mol. The summed E-state index contributed by atoms with van der Waals surface area (Å²) in [6.07, 6.45) is 5.08. The maximum Gasteiger partial charge on any atom is 0.0777 e. The largest absolute Gasteiger partial charge is 0.379 e. The van der Waals surface area contributed by atoms with Gasteiger partial charge in [0, 0.05) is 23.1 Å². The minimum absolute atomic E-state index is 0.662. The molecule has 0 saturated carbocycles. The van der Waals surface area contributed by atoms with E-state index in [2.05, 4.69) is 15.3 Å². The Labute approximate surface area is 93.1 Å². The molecule has 1 heterocycles. The Morgan fingerprint density at radius 2 is 1.93 bits per heavy atom. The molecule has 0 atom stereocenters. The number of anilines is 1. The predicted octanol–water partition coefficient (Wildman–Crippen LogP) is 2.74. The van der Waals surface area contributed by atoms with Gasteiger partial charge in [0.25, 0.3) is 0 Å². The number of nitrogens with one attached hydrogen (secondary N) is 1. The summed E-state index contributed by atoms with van der Waals surface area (Å²) < 4.78 is 0. The van der Waals surface area contributed by atoms with Crippen LogP contribution in [0, 0.1) is 0 Å². The lowest BCUT2D eigenvalue weighted by Gasteiger charge is -2.04. The van der Waals surface area contributed by atoms with E-state index in [1.807, 2.05) is 24.3 Å². The van der Waals surface area contributed by atoms with Crippen LogP contribution in [0.1, 0.15) is 5.69 Å². The maximum absolute atomic E-state index is 5.78. The molecule has 0 saturated heterocycles. The summed E-state index contributed by atoms with van der Waals surface area (Å²) in [5.41, 5.74) is 1.93. The minimum Gasteiger partial charge on any atom is -0.379 e. The van der Waals surface area contributed by atoms with Gasteiger partial charge in [-0.05, 0) is 24.3 Å². The van der Waals surface area contributed by atoms with Crippen LogP contribution in [0.5, 0.6) is 0 Å². The number of nitrogens with zero attached hydrogens (tertiary/aromatic N) is 2. The molecule has 0 fully saturated rings. The van der Waals surface area contributed by atoms with Crippen LogP contribution < -0.4 is 5.32 Å². The van der Waals surface area contributed by atoms with E-state index in [0.717, 1.165) is 16.4 Å². The second kappa shape index (κ2) is 4.75. The molecule has 1 aromatic carbocycles. The van der Waals surface area contributed by atoms with Gasteiger partial charge in [0.05, 0.1) is 18.4 Å². The van der Waals surface area contributed by atoms with E-state index in [1.165, 1.54) is 0 Å². The van der Waals surface area contributed by atoms with Crippen molar-refractivity contribution < 1.29 is 0 Å². The van der Waals surface area contributed by atoms with Crippen LogP contribution in [-0.4, -0.2) is 9.97 Å². The van der Waals surface area contributed by atoms with Crippen LogP contribution >= 0.6 is 11.6 Å². The van der Waals surface area contributed by atoms with Gasteiger partial charge in [-0.15, -0.1) is 0 Å². The van der Waals surface area contributed by atoms with Crippen molar-refractivity contribution >= 4 is 17.3 Å². The lowest BCUT2D eigenvalue weighted by atomic mass is 10.3. The first kappa shape index (κ1) is 9.93. The van der Waals surface area contributed by atoms with Crippen LogP contribution in [-0.2, 0) is 6.54 Å². The summed E-state index contributed by atoms with van der Waals surface area (Å²) in [5, 5.41) is 3.96. The van der Waals surface area contributed by atoms with Crippen LogP contribution in [0.2, 0.25) is 5.02 Å². The standard InChI is InChI=1S/C11H10ClN3/c12-9-1-3-10(4-2-9)15-8-11-7-13-5-6-14-11/h1-7,15H,8H2. The molecule has 76 valence electrons. The molecule has 15 heavy (non-hydrogen) atoms. The highest BCUT2D eigenvalue weighted by atomic mass is 35.5. The first-order valence-electron chi connectivity index (χ1n) is 4.59. The van der Waals surface area contributed by atoms with Crippen LogP contribution in [0.3, 0.4) is 0 Å². The third kappa shape index (κ3) is 2.92. The Kier molecular flexibility index (Phi) is 3.15. The first-order valence-corrected chi connectivity index (χ1v) is 4.97. The second-order valence-corrected chi connectivity index (χ2v) is 3.49. The highest BCUT2D eigenvalue weighted by Gasteiger charge is 1.94. The van der Waals surface area contributed by atoms with Crippen LogP contribution in [0.15, 0.2) is 42.9 Å². The summed E-state index contributed by atoms with van der Waals surface area (Å²) in [6, 6.07) is 7.55. The van der Waals surface area contributed by atoms with E-state index in [1.54, 1.807) is 18.6 Å². The Morgan fingerprint density at radius 3 is 2.60 bits per heavy atom. The van der Waals surface area contributed by atoms with E-state index in [-0.39, 0.29) is 0 Å². The number of halogens is 1. The Hall–Kier alpha value is -1.61. The highest BCUT2D eigenvalue weighted by molar-refractivity contribution is 6.30. The van der Waals surface area contributed by atoms with Crippen molar-refractivity contribution in [1.82, 2.24) is 9.97 Å². The van der Waals surface area contributed by atoms with Crippen molar-refractivity contribution in [3.8, 4) is 0 Å². The maximum atomic E-state index is 5.78. The van der Waals surface area contributed by atoms with Gasteiger partial charge in [0.2, 0.25) is 0 Å². The van der Waals surface area contributed by atoms with Crippen molar-refractivity contribution in [2.45, 2.75) is 6.54 Å². The molecule has 0 radical (unpaired) electrons. The minimum atomic E-state index is 0.662. The predicted molar refractivity (Wildman–Crippen MR) is 60.8 cm³/mol. The number of benzene rings is 1. The molecule has 0 spiro atoms. The zero-order valence-corrected chi connectivity index (χ0v) is 8.78. The summed E-state index contributed by atoms with van der Waals surface area (Å²) in [6.45, 7) is 0.662. The molecule has 0 bridgehead atoms. The number of rotatable bonds is 3. The average Bonchev–Trinajstić information content (AvgIpc) is 2.30. The second-order valence-electron chi connectivity index (χ2n) is 3.06. The molecule has 2 rings (SSSR count).